The van der Waals surface area contributed by atoms with Crippen LogP contribution in [0.1, 0.15) is 55.8 Å². The highest BCUT2D eigenvalue weighted by atomic mass is 16.5. The van der Waals surface area contributed by atoms with Crippen LogP contribution in [0.4, 0.5) is 10.5 Å². The smallest absolute Gasteiger partial charge is 0.342 e. The molecule has 0 radical (unpaired) electrons. The van der Waals surface area contributed by atoms with Gasteiger partial charge >= 0.3 is 23.9 Å². The number of nitrogens with zero attached hydrogens (tertiary/aromatic N) is 1. The Bertz CT molecular complexity index is 951. The van der Waals surface area contributed by atoms with E-state index in [1.54, 1.807) is 19.1 Å². The van der Waals surface area contributed by atoms with Crippen LogP contribution >= 0.6 is 0 Å². The third-order valence-electron chi connectivity index (χ3n) is 4.97. The number of hydrogen-bond donors (Lipinski definition) is 7. The van der Waals surface area contributed by atoms with Crippen molar-refractivity contribution in [1.82, 2.24) is 15.7 Å². The molecule has 2 atom stereocenters. The van der Waals surface area contributed by atoms with Gasteiger partial charge in [-0.25, -0.2) is 14.4 Å². The highest BCUT2D eigenvalue weighted by Crippen LogP contribution is 2.11. The van der Waals surface area contributed by atoms with E-state index >= 15 is 0 Å². The zero-order chi connectivity index (χ0) is 27.3. The highest BCUT2D eigenvalue weighted by Gasteiger charge is 2.31. The van der Waals surface area contributed by atoms with E-state index in [-0.39, 0.29) is 36.3 Å². The molecule has 14 nitrogen and oxygen atoms in total. The summed E-state index contributed by atoms with van der Waals surface area (Å²) in [5, 5.41) is 44.0. The Hall–Kier alpha value is -4.20. The molecule has 0 heterocycles. The molecule has 0 bridgehead atoms. The second kappa shape index (κ2) is 14.9. The van der Waals surface area contributed by atoms with Crippen molar-refractivity contribution in [2.45, 2.75) is 57.5 Å². The number of carboxylic acid groups (broad SMARTS) is 3. The van der Waals surface area contributed by atoms with Gasteiger partial charge in [0.25, 0.3) is 5.91 Å². The minimum absolute atomic E-state index is 0.0799. The molecule has 1 aromatic rings. The van der Waals surface area contributed by atoms with Crippen LogP contribution in [-0.4, -0.2) is 80.0 Å². The van der Waals surface area contributed by atoms with Gasteiger partial charge in [0, 0.05) is 30.6 Å². The van der Waals surface area contributed by atoms with Gasteiger partial charge in [0.1, 0.15) is 6.04 Å². The second-order valence-electron chi connectivity index (χ2n) is 7.70. The summed E-state index contributed by atoms with van der Waals surface area (Å²) < 4.78 is 0. The molecule has 0 spiro atoms. The third kappa shape index (κ3) is 10.4. The molecule has 0 aliphatic heterocycles. The molecule has 0 aliphatic rings. The number of unbranched alkanes of at least 4 members (excludes halogenated alkanes) is 1. The number of rotatable bonds is 15. The van der Waals surface area contributed by atoms with Crippen molar-refractivity contribution >= 4 is 41.4 Å². The number of hydrogen-bond acceptors (Lipinski definition) is 7. The molecule has 7 N–H and O–H groups in total. The molecule has 0 fully saturated rings. The Morgan fingerprint density at radius 3 is 2.08 bits per heavy atom. The molecular formula is C22H30N4O10. The standard InChI is InChI=1S/C22H30N4O10/c1-2-17(27)24-14-8-6-13(7-9-14)19(30)23-12-4-3-5-15(20(31)32)25-22(35)26(36)16(21(33)34)10-11-18(28)29/h6-9,15-16,36H,2-5,10-12H2,1H3,(H,23,30)(H,24,27)(H,25,35)(H,28,29)(H,31,32)(H,33,34)/t15-,16-/m0/s1. The van der Waals surface area contributed by atoms with Gasteiger partial charge in [0.2, 0.25) is 5.91 Å². The third-order valence-corrected chi connectivity index (χ3v) is 4.97. The lowest BCUT2D eigenvalue weighted by Crippen LogP contribution is -2.52. The lowest BCUT2D eigenvalue weighted by Gasteiger charge is -2.24. The Morgan fingerprint density at radius 2 is 1.56 bits per heavy atom. The first-order chi connectivity index (χ1) is 17.0. The van der Waals surface area contributed by atoms with E-state index in [0.29, 0.717) is 24.1 Å². The molecule has 0 aromatic heterocycles. The number of aliphatic carboxylic acids is 3. The molecule has 0 aliphatic carbocycles. The average molecular weight is 511 g/mol. The fraction of sp³-hybridized carbons (Fsp3) is 0.455. The number of carbonyl (C=O) groups excluding carboxylic acids is 3. The van der Waals surface area contributed by atoms with Crippen molar-refractivity contribution in [2.75, 3.05) is 11.9 Å². The zero-order valence-corrected chi connectivity index (χ0v) is 19.6. The van der Waals surface area contributed by atoms with E-state index < -0.39 is 48.9 Å². The zero-order valence-electron chi connectivity index (χ0n) is 19.6. The molecular weight excluding hydrogens is 480 g/mol. The summed E-state index contributed by atoms with van der Waals surface area (Å²) in [5.41, 5.74) is 0.914. The van der Waals surface area contributed by atoms with E-state index in [2.05, 4.69) is 10.6 Å². The summed E-state index contributed by atoms with van der Waals surface area (Å²) in [6, 6.07) is 1.53. The Labute approximate surface area is 206 Å². The first kappa shape index (κ1) is 29.8. The van der Waals surface area contributed by atoms with E-state index in [1.165, 1.54) is 12.1 Å². The summed E-state index contributed by atoms with van der Waals surface area (Å²) in [6.45, 7) is 1.92. The van der Waals surface area contributed by atoms with Gasteiger partial charge in [-0.1, -0.05) is 6.92 Å². The second-order valence-corrected chi connectivity index (χ2v) is 7.70. The van der Waals surface area contributed by atoms with Crippen LogP contribution in [0.3, 0.4) is 0 Å². The number of benzene rings is 1. The van der Waals surface area contributed by atoms with Gasteiger partial charge in [-0.15, -0.1) is 0 Å². The van der Waals surface area contributed by atoms with Crippen molar-refractivity contribution in [3.05, 3.63) is 29.8 Å². The van der Waals surface area contributed by atoms with Gasteiger partial charge in [0.15, 0.2) is 6.04 Å². The monoisotopic (exact) mass is 510 g/mol. The first-order valence-electron chi connectivity index (χ1n) is 11.1. The van der Waals surface area contributed by atoms with Crippen LogP contribution in [0.2, 0.25) is 0 Å². The number of carboxylic acids is 3. The maximum absolute atomic E-state index is 12.2. The van der Waals surface area contributed by atoms with Crippen LogP contribution < -0.4 is 16.0 Å². The molecule has 36 heavy (non-hydrogen) atoms. The Morgan fingerprint density at radius 1 is 0.917 bits per heavy atom. The van der Waals surface area contributed by atoms with Gasteiger partial charge in [-0.3, -0.25) is 19.6 Å². The van der Waals surface area contributed by atoms with E-state index in [9.17, 15) is 39.1 Å². The van der Waals surface area contributed by atoms with Crippen molar-refractivity contribution < 1.29 is 49.3 Å². The predicted octanol–water partition coefficient (Wildman–Crippen LogP) is 1.11. The lowest BCUT2D eigenvalue weighted by molar-refractivity contribution is -0.158. The van der Waals surface area contributed by atoms with Crippen molar-refractivity contribution in [3.63, 3.8) is 0 Å². The summed E-state index contributed by atoms with van der Waals surface area (Å²) >= 11 is 0. The Balaban J connectivity index is 2.50. The van der Waals surface area contributed by atoms with Crippen LogP contribution in [0, 0.1) is 0 Å². The minimum Gasteiger partial charge on any atom is -0.481 e. The highest BCUT2D eigenvalue weighted by molar-refractivity contribution is 5.95. The maximum Gasteiger partial charge on any atom is 0.342 e. The van der Waals surface area contributed by atoms with Gasteiger partial charge in [-0.05, 0) is 49.9 Å². The number of carbonyl (C=O) groups is 6. The molecule has 198 valence electrons. The fourth-order valence-corrected chi connectivity index (χ4v) is 2.96. The molecule has 0 unspecified atom stereocenters. The minimum atomic E-state index is -1.87. The first-order valence-corrected chi connectivity index (χ1v) is 11.1. The number of nitrogens with one attached hydrogen (secondary N) is 3. The number of anilines is 1. The van der Waals surface area contributed by atoms with Crippen molar-refractivity contribution in [2.24, 2.45) is 0 Å². The van der Waals surface area contributed by atoms with E-state index in [0.717, 1.165) is 0 Å². The molecule has 1 aromatic carbocycles. The van der Waals surface area contributed by atoms with Crippen LogP contribution in [-0.2, 0) is 19.2 Å². The molecule has 4 amide bonds. The van der Waals surface area contributed by atoms with Gasteiger partial charge < -0.3 is 31.3 Å². The van der Waals surface area contributed by atoms with Gasteiger partial charge in [0.05, 0.1) is 0 Å². The van der Waals surface area contributed by atoms with E-state index in [4.69, 9.17) is 10.2 Å². The predicted molar refractivity (Wildman–Crippen MR) is 123 cm³/mol. The largest absolute Gasteiger partial charge is 0.481 e. The number of urea groups is 1. The summed E-state index contributed by atoms with van der Waals surface area (Å²) in [6.07, 6.45) is -0.356. The normalized spacial score (nSPS) is 12.1. The average Bonchev–Trinajstić information content (AvgIpc) is 2.82. The van der Waals surface area contributed by atoms with Crippen LogP contribution in [0.5, 0.6) is 0 Å². The summed E-state index contributed by atoms with van der Waals surface area (Å²) in [4.78, 5) is 69.0. The lowest BCUT2D eigenvalue weighted by atomic mass is 10.1. The van der Waals surface area contributed by atoms with Crippen molar-refractivity contribution in [1.29, 1.82) is 0 Å². The number of amides is 4. The van der Waals surface area contributed by atoms with Crippen LogP contribution in [0.15, 0.2) is 24.3 Å². The van der Waals surface area contributed by atoms with E-state index in [1.807, 2.05) is 5.32 Å². The quantitative estimate of drug-likeness (QED) is 0.101. The topological polar surface area (TPSA) is 223 Å². The van der Waals surface area contributed by atoms with Crippen molar-refractivity contribution in [3.8, 4) is 0 Å². The Kier molecular flexibility index (Phi) is 12.4. The molecule has 0 saturated carbocycles. The molecule has 0 saturated heterocycles. The maximum atomic E-state index is 12.2. The molecule has 1 rings (SSSR count). The number of hydroxylamine groups is 2. The summed E-state index contributed by atoms with van der Waals surface area (Å²) in [5.74, 6) is -4.94. The SMILES string of the molecule is CCC(=O)Nc1ccc(C(=O)NCCCC[C@H](NC(=O)N(O)[C@@H](CCC(=O)O)C(=O)O)C(=O)O)cc1. The van der Waals surface area contributed by atoms with Gasteiger partial charge in [-0.2, -0.15) is 5.06 Å². The summed E-state index contributed by atoms with van der Waals surface area (Å²) in [7, 11) is 0. The fourth-order valence-electron chi connectivity index (χ4n) is 2.96. The van der Waals surface area contributed by atoms with Crippen LogP contribution in [0.25, 0.3) is 0 Å². The molecule has 14 heteroatoms.